The van der Waals surface area contributed by atoms with Crippen LogP contribution in [-0.4, -0.2) is 18.3 Å². The summed E-state index contributed by atoms with van der Waals surface area (Å²) in [5, 5.41) is 0. The minimum absolute atomic E-state index is 0.218. The van der Waals surface area contributed by atoms with E-state index in [1.165, 1.54) is 6.92 Å². The highest BCUT2D eigenvalue weighted by atomic mass is 19.3. The van der Waals surface area contributed by atoms with Gasteiger partial charge >= 0.3 is 0 Å². The molecule has 0 saturated carbocycles. The molecular formula is C6H10F4. The van der Waals surface area contributed by atoms with E-state index in [4.69, 9.17) is 0 Å². The van der Waals surface area contributed by atoms with Crippen molar-refractivity contribution in [2.45, 2.75) is 38.5 Å². The predicted molar refractivity (Wildman–Crippen MR) is 30.7 cm³/mol. The van der Waals surface area contributed by atoms with Gasteiger partial charge in [0.1, 0.15) is 6.17 Å². The third kappa shape index (κ3) is 2.54. The molecule has 0 aromatic heterocycles. The average Bonchev–Trinajstić information content (AvgIpc) is 1.83. The summed E-state index contributed by atoms with van der Waals surface area (Å²) in [6.45, 7) is 1.70. The minimum atomic E-state index is -3.56. The molecule has 0 amide bonds. The monoisotopic (exact) mass is 158 g/mol. The number of hydrogen-bond donors (Lipinski definition) is 0. The fraction of sp³-hybridized carbons (Fsp3) is 1.00. The molecule has 0 heterocycles. The van der Waals surface area contributed by atoms with Gasteiger partial charge in [0.15, 0.2) is 6.17 Å². The highest BCUT2D eigenvalue weighted by Crippen LogP contribution is 2.25. The van der Waals surface area contributed by atoms with E-state index in [2.05, 4.69) is 0 Å². The van der Waals surface area contributed by atoms with E-state index in [1.54, 1.807) is 0 Å². The Bertz CT molecular complexity index is 96.4. The van der Waals surface area contributed by atoms with Gasteiger partial charge in [0.2, 0.25) is 0 Å². The van der Waals surface area contributed by atoms with Gasteiger partial charge in [0.05, 0.1) is 0 Å². The van der Waals surface area contributed by atoms with Crippen LogP contribution in [0.25, 0.3) is 0 Å². The van der Waals surface area contributed by atoms with Crippen LogP contribution >= 0.6 is 0 Å². The van der Waals surface area contributed by atoms with Gasteiger partial charge in [-0.2, -0.15) is 0 Å². The van der Waals surface area contributed by atoms with Gasteiger partial charge in [-0.25, -0.2) is 17.6 Å². The quantitative estimate of drug-likeness (QED) is 0.554. The Kier molecular flexibility index (Phi) is 3.12. The Balaban J connectivity index is 3.94. The lowest BCUT2D eigenvalue weighted by Gasteiger charge is -2.17. The van der Waals surface area contributed by atoms with Crippen LogP contribution in [0.3, 0.4) is 0 Å². The van der Waals surface area contributed by atoms with Crippen molar-refractivity contribution in [2.24, 2.45) is 0 Å². The fourth-order valence-corrected chi connectivity index (χ4v) is 0.524. The lowest BCUT2D eigenvalue weighted by molar-refractivity contribution is -0.0845. The van der Waals surface area contributed by atoms with Crippen LogP contribution in [0.2, 0.25) is 0 Å². The third-order valence-corrected chi connectivity index (χ3v) is 1.19. The SMILES string of the molecule is CCC(F)[C@H](F)C(C)(F)F. The molecule has 0 aliphatic carbocycles. The highest BCUT2D eigenvalue weighted by molar-refractivity contribution is 4.78. The van der Waals surface area contributed by atoms with Crippen molar-refractivity contribution in [2.75, 3.05) is 0 Å². The number of hydrogen-bond acceptors (Lipinski definition) is 0. The van der Waals surface area contributed by atoms with Gasteiger partial charge in [0, 0.05) is 6.92 Å². The number of halogens is 4. The summed E-state index contributed by atoms with van der Waals surface area (Å²) in [5.41, 5.74) is 0. The minimum Gasteiger partial charge on any atom is -0.244 e. The van der Waals surface area contributed by atoms with Crippen molar-refractivity contribution < 1.29 is 17.6 Å². The van der Waals surface area contributed by atoms with Crippen molar-refractivity contribution >= 4 is 0 Å². The van der Waals surface area contributed by atoms with Crippen LogP contribution in [0, 0.1) is 0 Å². The summed E-state index contributed by atoms with van der Waals surface area (Å²) in [6.07, 6.45) is -4.94. The van der Waals surface area contributed by atoms with Gasteiger partial charge < -0.3 is 0 Å². The Morgan fingerprint density at radius 2 is 1.70 bits per heavy atom. The zero-order valence-electron chi connectivity index (χ0n) is 5.87. The van der Waals surface area contributed by atoms with Gasteiger partial charge in [-0.15, -0.1) is 0 Å². The van der Waals surface area contributed by atoms with E-state index in [9.17, 15) is 17.6 Å². The van der Waals surface area contributed by atoms with Crippen molar-refractivity contribution in [3.8, 4) is 0 Å². The molecule has 0 aliphatic rings. The molecule has 0 nitrogen and oxygen atoms in total. The molecule has 0 radical (unpaired) electrons. The maximum atomic E-state index is 12.2. The summed E-state index contributed by atoms with van der Waals surface area (Å²) >= 11 is 0. The van der Waals surface area contributed by atoms with Gasteiger partial charge in [-0.05, 0) is 6.42 Å². The van der Waals surface area contributed by atoms with Crippen LogP contribution in [0.15, 0.2) is 0 Å². The molecule has 0 saturated heterocycles. The summed E-state index contributed by atoms with van der Waals surface area (Å²) in [4.78, 5) is 0. The topological polar surface area (TPSA) is 0 Å². The molecule has 2 atom stereocenters. The smallest absolute Gasteiger partial charge is 0.244 e. The largest absolute Gasteiger partial charge is 0.278 e. The molecule has 0 spiro atoms. The number of rotatable bonds is 3. The first-order valence-electron chi connectivity index (χ1n) is 3.05. The molecule has 0 fully saturated rings. The Hall–Kier alpha value is -0.280. The molecule has 0 N–H and O–H groups in total. The molecule has 0 aromatic rings. The highest BCUT2D eigenvalue weighted by Gasteiger charge is 2.39. The molecule has 0 bridgehead atoms. The molecule has 0 rings (SSSR count). The molecular weight excluding hydrogens is 148 g/mol. The first kappa shape index (κ1) is 9.72. The standard InChI is InChI=1S/C6H10F4/c1-3-4(7)5(8)6(2,9)10/h4-5H,3H2,1-2H3/t4?,5-/m0/s1. The van der Waals surface area contributed by atoms with Crippen LogP contribution < -0.4 is 0 Å². The molecule has 4 heteroatoms. The second-order valence-corrected chi connectivity index (χ2v) is 2.28. The van der Waals surface area contributed by atoms with Gasteiger partial charge in [0.25, 0.3) is 5.92 Å². The average molecular weight is 158 g/mol. The molecule has 0 aromatic carbocycles. The van der Waals surface area contributed by atoms with Crippen LogP contribution in [-0.2, 0) is 0 Å². The van der Waals surface area contributed by atoms with Gasteiger partial charge in [-0.1, -0.05) is 6.92 Å². The Morgan fingerprint density at radius 3 is 1.80 bits per heavy atom. The van der Waals surface area contributed by atoms with E-state index in [0.717, 1.165) is 0 Å². The fourth-order valence-electron chi connectivity index (χ4n) is 0.524. The van der Waals surface area contributed by atoms with Crippen LogP contribution in [0.5, 0.6) is 0 Å². The lowest BCUT2D eigenvalue weighted by atomic mass is 10.1. The second-order valence-electron chi connectivity index (χ2n) is 2.28. The van der Waals surface area contributed by atoms with Crippen molar-refractivity contribution in [1.82, 2.24) is 0 Å². The predicted octanol–water partition coefficient (Wildman–Crippen LogP) is 2.73. The van der Waals surface area contributed by atoms with E-state index >= 15 is 0 Å². The zero-order valence-corrected chi connectivity index (χ0v) is 5.87. The lowest BCUT2D eigenvalue weighted by Crippen LogP contribution is -2.34. The van der Waals surface area contributed by atoms with E-state index in [0.29, 0.717) is 6.92 Å². The molecule has 0 aliphatic heterocycles. The third-order valence-electron chi connectivity index (χ3n) is 1.19. The molecule has 62 valence electrons. The maximum Gasteiger partial charge on any atom is 0.278 e. The molecule has 1 unspecified atom stereocenters. The summed E-state index contributed by atoms with van der Waals surface area (Å²) in [5.74, 6) is -3.56. The summed E-state index contributed by atoms with van der Waals surface area (Å²) in [6, 6.07) is 0. The Morgan fingerprint density at radius 1 is 1.30 bits per heavy atom. The van der Waals surface area contributed by atoms with Crippen molar-refractivity contribution in [3.05, 3.63) is 0 Å². The Labute approximate surface area is 57.2 Å². The summed E-state index contributed by atoms with van der Waals surface area (Å²) in [7, 11) is 0. The summed E-state index contributed by atoms with van der Waals surface area (Å²) < 4.78 is 48.2. The van der Waals surface area contributed by atoms with E-state index in [-0.39, 0.29) is 6.42 Å². The normalized spacial score (nSPS) is 18.6. The zero-order chi connectivity index (χ0) is 8.36. The first-order chi connectivity index (χ1) is 4.39. The van der Waals surface area contributed by atoms with E-state index in [1.807, 2.05) is 0 Å². The van der Waals surface area contributed by atoms with Crippen molar-refractivity contribution in [1.29, 1.82) is 0 Å². The van der Waals surface area contributed by atoms with Crippen LogP contribution in [0.1, 0.15) is 20.3 Å². The van der Waals surface area contributed by atoms with Crippen molar-refractivity contribution in [3.63, 3.8) is 0 Å². The second kappa shape index (κ2) is 3.21. The first-order valence-corrected chi connectivity index (χ1v) is 3.05. The number of alkyl halides is 4. The van der Waals surface area contributed by atoms with Crippen LogP contribution in [0.4, 0.5) is 17.6 Å². The molecule has 10 heavy (non-hydrogen) atoms. The maximum absolute atomic E-state index is 12.2. The van der Waals surface area contributed by atoms with Gasteiger partial charge in [-0.3, -0.25) is 0 Å². The van der Waals surface area contributed by atoms with E-state index < -0.39 is 18.3 Å².